The van der Waals surface area contributed by atoms with Crippen LogP contribution in [0.15, 0.2) is 0 Å². The molecule has 5 N–H and O–H groups in total. The summed E-state index contributed by atoms with van der Waals surface area (Å²) in [4.78, 5) is 21.5. The highest BCUT2D eigenvalue weighted by Crippen LogP contribution is 1.93. The quantitative estimate of drug-likeness (QED) is 0.318. The Morgan fingerprint density at radius 3 is 2.62 bits per heavy atom. The maximum atomic E-state index is 10.9. The Morgan fingerprint density at radius 1 is 1.46 bits per heavy atom. The molecule has 0 saturated carbocycles. The molecule has 1 saturated heterocycles. The number of hydrogen-bond donors (Lipinski definition) is 3. The van der Waals surface area contributed by atoms with Gasteiger partial charge in [-0.15, -0.1) is 0 Å². The van der Waals surface area contributed by atoms with Gasteiger partial charge in [-0.1, -0.05) is 0 Å². The summed E-state index contributed by atoms with van der Waals surface area (Å²) in [6.45, 7) is 1.37. The third-order valence-electron chi connectivity index (χ3n) is 1.43. The largest absolute Gasteiger partial charge is 1.00 e. The van der Waals surface area contributed by atoms with Crippen molar-refractivity contribution < 1.29 is 32.5 Å². The smallest absolute Gasteiger partial charge is 0.322 e. The van der Waals surface area contributed by atoms with Crippen LogP contribution in [0.1, 0.15) is 0 Å². The second-order valence-electron chi connectivity index (χ2n) is 2.44. The van der Waals surface area contributed by atoms with Gasteiger partial charge < -0.3 is 28.2 Å². The van der Waals surface area contributed by atoms with Crippen molar-refractivity contribution in [3.05, 3.63) is 0 Å². The summed E-state index contributed by atoms with van der Waals surface area (Å²) in [7, 11) is 0. The molecule has 1 rings (SSSR count). The third kappa shape index (κ3) is 3.58. The molecule has 3 amide bonds. The molecule has 0 spiro atoms. The van der Waals surface area contributed by atoms with Gasteiger partial charge in [-0.25, -0.2) is 4.79 Å². The Hall–Kier alpha value is -0.850. The predicted molar refractivity (Wildman–Crippen MR) is 39.0 cm³/mol. The molecule has 6 nitrogen and oxygen atoms in total. The SMILES string of the molecule is [Cl-].[NH3+]CCOCC1NC(=O)NC1=O. The van der Waals surface area contributed by atoms with Crippen molar-refractivity contribution in [1.29, 1.82) is 0 Å². The molecule has 7 heteroatoms. The highest BCUT2D eigenvalue weighted by Gasteiger charge is 2.29. The number of ether oxygens (including phenoxy) is 1. The monoisotopic (exact) mass is 209 g/mol. The van der Waals surface area contributed by atoms with Gasteiger partial charge in [0.05, 0.1) is 19.8 Å². The summed E-state index contributed by atoms with van der Waals surface area (Å²) in [6, 6.07) is -0.993. The Balaban J connectivity index is 0.00000144. The fourth-order valence-corrected chi connectivity index (χ4v) is 0.879. The van der Waals surface area contributed by atoms with Gasteiger partial charge in [0.25, 0.3) is 5.91 Å². The van der Waals surface area contributed by atoms with Crippen LogP contribution in [0.5, 0.6) is 0 Å². The van der Waals surface area contributed by atoms with Crippen LogP contribution in [0.4, 0.5) is 4.79 Å². The summed E-state index contributed by atoms with van der Waals surface area (Å²) >= 11 is 0. The van der Waals surface area contributed by atoms with E-state index in [0.29, 0.717) is 13.2 Å². The molecule has 1 aliphatic rings. The van der Waals surface area contributed by atoms with Gasteiger partial charge in [0.15, 0.2) is 0 Å². The minimum atomic E-state index is -0.538. The van der Waals surface area contributed by atoms with Crippen LogP contribution < -0.4 is 28.8 Å². The van der Waals surface area contributed by atoms with Crippen LogP contribution >= 0.6 is 0 Å². The van der Waals surface area contributed by atoms with Gasteiger partial charge in [-0.2, -0.15) is 0 Å². The maximum Gasteiger partial charge on any atom is 0.322 e. The summed E-state index contributed by atoms with van der Waals surface area (Å²) < 4.78 is 5.05. The topological polar surface area (TPSA) is 95.1 Å². The van der Waals surface area contributed by atoms with Gasteiger partial charge >= 0.3 is 6.03 Å². The molecular formula is C6H12ClN3O3. The van der Waals surface area contributed by atoms with E-state index in [1.807, 2.05) is 0 Å². The summed E-state index contributed by atoms with van der Waals surface area (Å²) in [5, 5.41) is 4.53. The minimum Gasteiger partial charge on any atom is -1.00 e. The number of quaternary nitrogens is 1. The lowest BCUT2D eigenvalue weighted by Gasteiger charge is -2.05. The Bertz CT molecular complexity index is 200. The van der Waals surface area contributed by atoms with Crippen molar-refractivity contribution in [2.24, 2.45) is 0 Å². The molecular weight excluding hydrogens is 198 g/mol. The second-order valence-corrected chi connectivity index (χ2v) is 2.44. The molecule has 1 aliphatic heterocycles. The van der Waals surface area contributed by atoms with Gasteiger partial charge in [-0.05, 0) is 0 Å². The van der Waals surface area contributed by atoms with Gasteiger partial charge in [0, 0.05) is 0 Å². The van der Waals surface area contributed by atoms with Crippen LogP contribution in [0, 0.1) is 0 Å². The predicted octanol–water partition coefficient (Wildman–Crippen LogP) is -5.54. The van der Waals surface area contributed by atoms with Crippen LogP contribution in [0.3, 0.4) is 0 Å². The number of nitrogens with one attached hydrogen (secondary N) is 2. The molecule has 0 aromatic heterocycles. The zero-order valence-electron chi connectivity index (χ0n) is 7.01. The summed E-state index contributed by atoms with van der Waals surface area (Å²) in [6.07, 6.45) is 0. The van der Waals surface area contributed by atoms with Gasteiger partial charge in [0.2, 0.25) is 0 Å². The normalized spacial score (nSPS) is 20.5. The average molecular weight is 210 g/mol. The van der Waals surface area contributed by atoms with Crippen molar-refractivity contribution in [2.75, 3.05) is 19.8 Å². The molecule has 0 radical (unpaired) electrons. The lowest BCUT2D eigenvalue weighted by molar-refractivity contribution is -0.374. The van der Waals surface area contributed by atoms with E-state index in [0.717, 1.165) is 0 Å². The van der Waals surface area contributed by atoms with E-state index in [4.69, 9.17) is 4.74 Å². The molecule has 76 valence electrons. The number of amides is 3. The number of halogens is 1. The Morgan fingerprint density at radius 2 is 2.15 bits per heavy atom. The van der Waals surface area contributed by atoms with E-state index in [-0.39, 0.29) is 24.9 Å². The number of rotatable bonds is 4. The molecule has 1 heterocycles. The minimum absolute atomic E-state index is 0. The fourth-order valence-electron chi connectivity index (χ4n) is 0.879. The first-order valence-electron chi connectivity index (χ1n) is 3.72. The van der Waals surface area contributed by atoms with E-state index >= 15 is 0 Å². The number of urea groups is 1. The fraction of sp³-hybridized carbons (Fsp3) is 0.667. The highest BCUT2D eigenvalue weighted by atomic mass is 35.5. The number of imide groups is 1. The third-order valence-corrected chi connectivity index (χ3v) is 1.43. The highest BCUT2D eigenvalue weighted by molar-refractivity contribution is 6.04. The van der Waals surface area contributed by atoms with E-state index in [9.17, 15) is 9.59 Å². The van der Waals surface area contributed by atoms with Crippen molar-refractivity contribution in [1.82, 2.24) is 10.6 Å². The average Bonchev–Trinajstić information content (AvgIpc) is 2.31. The molecule has 0 bridgehead atoms. The number of carbonyl (C=O) groups is 2. The van der Waals surface area contributed by atoms with Crippen molar-refractivity contribution >= 4 is 11.9 Å². The zero-order valence-corrected chi connectivity index (χ0v) is 7.76. The van der Waals surface area contributed by atoms with E-state index in [1.54, 1.807) is 0 Å². The second kappa shape index (κ2) is 5.74. The number of hydrogen-bond acceptors (Lipinski definition) is 3. The molecule has 1 unspecified atom stereocenters. The zero-order chi connectivity index (χ0) is 8.97. The van der Waals surface area contributed by atoms with Crippen LogP contribution in [0.25, 0.3) is 0 Å². The Labute approximate surface area is 81.6 Å². The molecule has 1 atom stereocenters. The van der Waals surface area contributed by atoms with E-state index in [2.05, 4.69) is 16.4 Å². The molecule has 0 aliphatic carbocycles. The standard InChI is InChI=1S/C6H11N3O3.ClH/c7-1-2-12-3-4-5(10)9-6(11)8-4;/h4H,1-3,7H2,(H2,8,9,10,11);1H. The summed E-state index contributed by atoms with van der Waals surface area (Å²) in [5.41, 5.74) is 3.57. The first-order valence-corrected chi connectivity index (χ1v) is 3.72. The molecule has 1 fully saturated rings. The van der Waals surface area contributed by atoms with Crippen LogP contribution in [0.2, 0.25) is 0 Å². The van der Waals surface area contributed by atoms with Crippen molar-refractivity contribution in [3.63, 3.8) is 0 Å². The molecule has 0 aromatic rings. The van der Waals surface area contributed by atoms with E-state index < -0.39 is 12.1 Å². The van der Waals surface area contributed by atoms with Crippen molar-refractivity contribution in [2.45, 2.75) is 6.04 Å². The lowest BCUT2D eigenvalue weighted by atomic mass is 10.3. The van der Waals surface area contributed by atoms with Crippen LogP contribution in [-0.2, 0) is 9.53 Å². The van der Waals surface area contributed by atoms with E-state index in [1.165, 1.54) is 0 Å². The Kier molecular flexibility index (Phi) is 5.36. The van der Waals surface area contributed by atoms with Gasteiger partial charge in [-0.3, -0.25) is 10.1 Å². The maximum absolute atomic E-state index is 10.9. The van der Waals surface area contributed by atoms with Crippen LogP contribution in [-0.4, -0.2) is 37.7 Å². The lowest BCUT2D eigenvalue weighted by Crippen LogP contribution is -3.00. The first kappa shape index (κ1) is 12.2. The number of carbonyl (C=O) groups excluding carboxylic acids is 2. The first-order chi connectivity index (χ1) is 5.74. The van der Waals surface area contributed by atoms with Gasteiger partial charge in [0.1, 0.15) is 6.04 Å². The van der Waals surface area contributed by atoms with Crippen molar-refractivity contribution in [3.8, 4) is 0 Å². The molecule has 13 heavy (non-hydrogen) atoms. The molecule has 0 aromatic carbocycles. The summed E-state index contributed by atoms with van der Waals surface area (Å²) in [5.74, 6) is -0.330.